The topological polar surface area (TPSA) is 46.5 Å². The van der Waals surface area contributed by atoms with Crippen molar-refractivity contribution in [2.24, 2.45) is 5.41 Å². The summed E-state index contributed by atoms with van der Waals surface area (Å²) in [5.41, 5.74) is 1.87. The van der Waals surface area contributed by atoms with E-state index in [1.165, 1.54) is 23.3 Å². The van der Waals surface area contributed by atoms with E-state index < -0.39 is 17.7 Å². The first-order valence-corrected chi connectivity index (χ1v) is 9.20. The number of halogens is 3. The number of hydrogen-bond donors (Lipinski definition) is 1. The zero-order valence-electron chi connectivity index (χ0n) is 16.1. The summed E-state index contributed by atoms with van der Waals surface area (Å²) in [5.74, 6) is -0.959. The lowest BCUT2D eigenvalue weighted by Crippen LogP contribution is -2.12. The molecule has 0 fully saturated rings. The standard InChI is InChI=1S/C21H27F3O3/c1-20(2,3)12-15-5-4-6-16(15)13-27-17-9-7-14(8-10-19(25)26)18(11-17)21(22,23)24/h7,9,11H,4-6,8,10,12-13H2,1-3H3,(H,25,26). The molecular weight excluding hydrogens is 357 g/mol. The van der Waals surface area contributed by atoms with Crippen molar-refractivity contribution in [1.29, 1.82) is 0 Å². The zero-order valence-corrected chi connectivity index (χ0v) is 16.1. The highest BCUT2D eigenvalue weighted by atomic mass is 19.4. The molecule has 3 nitrogen and oxygen atoms in total. The lowest BCUT2D eigenvalue weighted by Gasteiger charge is -2.20. The Labute approximate surface area is 158 Å². The fourth-order valence-electron chi connectivity index (χ4n) is 3.44. The van der Waals surface area contributed by atoms with E-state index >= 15 is 0 Å². The summed E-state index contributed by atoms with van der Waals surface area (Å²) in [6.45, 7) is 6.81. The summed E-state index contributed by atoms with van der Waals surface area (Å²) in [4.78, 5) is 10.7. The van der Waals surface area contributed by atoms with Crippen molar-refractivity contribution in [2.45, 2.75) is 65.5 Å². The van der Waals surface area contributed by atoms with Crippen LogP contribution >= 0.6 is 0 Å². The van der Waals surface area contributed by atoms with Crippen LogP contribution in [0.5, 0.6) is 5.75 Å². The molecule has 1 aliphatic carbocycles. The van der Waals surface area contributed by atoms with Gasteiger partial charge in [-0.1, -0.05) is 32.4 Å². The molecule has 1 aromatic rings. The number of aliphatic carboxylic acids is 1. The second-order valence-electron chi connectivity index (χ2n) is 8.30. The average Bonchev–Trinajstić information content (AvgIpc) is 2.95. The molecule has 0 heterocycles. The van der Waals surface area contributed by atoms with E-state index in [2.05, 4.69) is 20.8 Å². The number of benzene rings is 1. The molecule has 0 spiro atoms. The Balaban J connectivity index is 2.14. The third-order valence-electron chi connectivity index (χ3n) is 4.61. The Bertz CT molecular complexity index is 712. The van der Waals surface area contributed by atoms with Gasteiger partial charge in [-0.05, 0) is 60.8 Å². The molecule has 0 aromatic heterocycles. The Morgan fingerprint density at radius 1 is 1.15 bits per heavy atom. The lowest BCUT2D eigenvalue weighted by molar-refractivity contribution is -0.140. The number of ether oxygens (including phenoxy) is 1. The van der Waals surface area contributed by atoms with E-state index in [0.29, 0.717) is 6.61 Å². The van der Waals surface area contributed by atoms with Gasteiger partial charge in [0.1, 0.15) is 12.4 Å². The third-order valence-corrected chi connectivity index (χ3v) is 4.61. The fourth-order valence-corrected chi connectivity index (χ4v) is 3.44. The van der Waals surface area contributed by atoms with Gasteiger partial charge in [-0.25, -0.2) is 0 Å². The van der Waals surface area contributed by atoms with Crippen LogP contribution in [0.1, 0.15) is 64.0 Å². The smallest absolute Gasteiger partial charge is 0.416 e. The number of carbonyl (C=O) groups is 1. The van der Waals surface area contributed by atoms with Gasteiger partial charge in [0, 0.05) is 6.42 Å². The van der Waals surface area contributed by atoms with Gasteiger partial charge in [0.15, 0.2) is 0 Å². The van der Waals surface area contributed by atoms with E-state index in [1.807, 2.05) is 0 Å². The van der Waals surface area contributed by atoms with Crippen LogP contribution in [0, 0.1) is 5.41 Å². The number of aryl methyl sites for hydroxylation is 1. The monoisotopic (exact) mass is 384 g/mol. The molecule has 6 heteroatoms. The number of allylic oxidation sites excluding steroid dienone is 1. The van der Waals surface area contributed by atoms with Crippen molar-refractivity contribution in [3.8, 4) is 5.75 Å². The molecule has 0 saturated heterocycles. The molecule has 1 aliphatic rings. The minimum atomic E-state index is -4.54. The van der Waals surface area contributed by atoms with Gasteiger partial charge in [0.2, 0.25) is 0 Å². The maximum Gasteiger partial charge on any atom is 0.416 e. The predicted molar refractivity (Wildman–Crippen MR) is 97.8 cm³/mol. The summed E-state index contributed by atoms with van der Waals surface area (Å²) in [6, 6.07) is 3.79. The van der Waals surface area contributed by atoms with Gasteiger partial charge in [0.25, 0.3) is 0 Å². The molecule has 0 bridgehead atoms. The molecule has 0 aliphatic heterocycles. The summed E-state index contributed by atoms with van der Waals surface area (Å²) in [5, 5.41) is 8.72. The SMILES string of the molecule is CC(C)(C)CC1=C(COc2ccc(CCC(=O)O)c(C(F)(F)F)c2)CCC1. The quantitative estimate of drug-likeness (QED) is 0.585. The van der Waals surface area contributed by atoms with Crippen molar-refractivity contribution in [3.63, 3.8) is 0 Å². The zero-order chi connectivity index (χ0) is 20.2. The Morgan fingerprint density at radius 3 is 2.41 bits per heavy atom. The maximum absolute atomic E-state index is 13.3. The molecule has 0 saturated carbocycles. The highest BCUT2D eigenvalue weighted by Gasteiger charge is 2.34. The molecule has 27 heavy (non-hydrogen) atoms. The molecule has 0 atom stereocenters. The fraction of sp³-hybridized carbons (Fsp3) is 0.571. The minimum absolute atomic E-state index is 0.0225. The first-order chi connectivity index (χ1) is 12.5. The Morgan fingerprint density at radius 2 is 1.81 bits per heavy atom. The summed E-state index contributed by atoms with van der Waals surface area (Å²) >= 11 is 0. The van der Waals surface area contributed by atoms with Crippen molar-refractivity contribution < 1.29 is 27.8 Å². The normalized spacial score (nSPS) is 15.3. The van der Waals surface area contributed by atoms with Crippen LogP contribution in [-0.4, -0.2) is 17.7 Å². The van der Waals surface area contributed by atoms with Gasteiger partial charge in [-0.15, -0.1) is 0 Å². The van der Waals surface area contributed by atoms with E-state index in [4.69, 9.17) is 9.84 Å². The van der Waals surface area contributed by atoms with Crippen LogP contribution in [-0.2, 0) is 17.4 Å². The van der Waals surface area contributed by atoms with E-state index in [0.717, 1.165) is 31.7 Å². The first kappa shape index (κ1) is 21.3. The highest BCUT2D eigenvalue weighted by Crippen LogP contribution is 2.37. The van der Waals surface area contributed by atoms with Crippen molar-refractivity contribution in [1.82, 2.24) is 0 Å². The van der Waals surface area contributed by atoms with Crippen molar-refractivity contribution in [3.05, 3.63) is 40.5 Å². The van der Waals surface area contributed by atoms with Crippen molar-refractivity contribution >= 4 is 5.97 Å². The maximum atomic E-state index is 13.3. The van der Waals surface area contributed by atoms with Gasteiger partial charge < -0.3 is 9.84 Å². The van der Waals surface area contributed by atoms with Crippen LogP contribution in [0.25, 0.3) is 0 Å². The van der Waals surface area contributed by atoms with Gasteiger partial charge in [0.05, 0.1) is 5.56 Å². The second kappa shape index (κ2) is 8.36. The van der Waals surface area contributed by atoms with Crippen LogP contribution in [0.2, 0.25) is 0 Å². The summed E-state index contributed by atoms with van der Waals surface area (Å²) < 4.78 is 45.7. The van der Waals surface area contributed by atoms with Gasteiger partial charge >= 0.3 is 12.1 Å². The minimum Gasteiger partial charge on any atom is -0.489 e. The second-order valence-corrected chi connectivity index (χ2v) is 8.30. The highest BCUT2D eigenvalue weighted by molar-refractivity contribution is 5.67. The third kappa shape index (κ3) is 6.60. The van der Waals surface area contributed by atoms with Crippen molar-refractivity contribution in [2.75, 3.05) is 6.61 Å². The number of alkyl halides is 3. The molecule has 2 rings (SSSR count). The molecule has 1 N–H and O–H groups in total. The van der Waals surface area contributed by atoms with E-state index in [9.17, 15) is 18.0 Å². The molecule has 150 valence electrons. The van der Waals surface area contributed by atoms with Crippen LogP contribution in [0.3, 0.4) is 0 Å². The average molecular weight is 384 g/mol. The van der Waals surface area contributed by atoms with Crippen LogP contribution in [0.4, 0.5) is 13.2 Å². The van der Waals surface area contributed by atoms with E-state index in [1.54, 1.807) is 0 Å². The summed E-state index contributed by atoms with van der Waals surface area (Å²) in [7, 11) is 0. The Kier molecular flexibility index (Phi) is 6.60. The molecular formula is C21H27F3O3. The lowest BCUT2D eigenvalue weighted by atomic mass is 9.86. The largest absolute Gasteiger partial charge is 0.489 e. The van der Waals surface area contributed by atoms with Crippen LogP contribution < -0.4 is 4.74 Å². The molecule has 0 unspecified atom stereocenters. The first-order valence-electron chi connectivity index (χ1n) is 9.20. The Hall–Kier alpha value is -1.98. The van der Waals surface area contributed by atoms with Crippen LogP contribution in [0.15, 0.2) is 29.3 Å². The predicted octanol–water partition coefficient (Wildman–Crippen LogP) is 6.02. The number of rotatable bonds is 7. The number of carboxylic acid groups (broad SMARTS) is 1. The number of carboxylic acids is 1. The molecule has 0 radical (unpaired) electrons. The molecule has 1 aromatic carbocycles. The molecule has 0 amide bonds. The van der Waals surface area contributed by atoms with Gasteiger partial charge in [-0.2, -0.15) is 13.2 Å². The number of hydrogen-bond acceptors (Lipinski definition) is 2. The summed E-state index contributed by atoms with van der Waals surface area (Å²) in [6.07, 6.45) is -1.07. The van der Waals surface area contributed by atoms with Gasteiger partial charge in [-0.3, -0.25) is 4.79 Å². The van der Waals surface area contributed by atoms with E-state index in [-0.39, 0.29) is 29.6 Å².